The van der Waals surface area contributed by atoms with Crippen molar-refractivity contribution in [2.24, 2.45) is 0 Å². The van der Waals surface area contributed by atoms with Crippen molar-refractivity contribution < 1.29 is 19.1 Å². The lowest BCUT2D eigenvalue weighted by atomic mass is 10.1. The largest absolute Gasteiger partial charge is 0.483 e. The number of esters is 1. The average molecular weight is 277 g/mol. The first-order valence-electron chi connectivity index (χ1n) is 6.80. The van der Waals surface area contributed by atoms with Gasteiger partial charge in [-0.3, -0.25) is 4.79 Å². The summed E-state index contributed by atoms with van der Waals surface area (Å²) in [6.45, 7) is 1.54. The predicted octanol–water partition coefficient (Wildman–Crippen LogP) is 1.86. The Bertz CT molecular complexity index is 481. The van der Waals surface area contributed by atoms with E-state index in [0.29, 0.717) is 11.3 Å². The fourth-order valence-corrected chi connectivity index (χ4v) is 2.25. The highest BCUT2D eigenvalue weighted by Crippen LogP contribution is 2.19. The van der Waals surface area contributed by atoms with Crippen LogP contribution in [0.4, 0.5) is 0 Å². The topological polar surface area (TPSA) is 55.8 Å². The Hall–Kier alpha value is -2.04. The standard InChI is InChI=1S/C15H19NO4/c1-19-15(18)12-7-3-4-8-13(12)20-11-14(17)16-9-5-2-6-10-16/h3-4,7-8H,2,5-6,9-11H2,1H3. The number of amides is 1. The molecule has 0 atom stereocenters. The van der Waals surface area contributed by atoms with Crippen LogP contribution in [0, 0.1) is 0 Å². The first kappa shape index (κ1) is 14.4. The normalized spacial score (nSPS) is 14.8. The van der Waals surface area contributed by atoms with Crippen molar-refractivity contribution >= 4 is 11.9 Å². The van der Waals surface area contributed by atoms with E-state index in [0.717, 1.165) is 25.9 Å². The molecule has 108 valence electrons. The van der Waals surface area contributed by atoms with Gasteiger partial charge in [-0.05, 0) is 31.4 Å². The lowest BCUT2D eigenvalue weighted by Gasteiger charge is -2.26. The van der Waals surface area contributed by atoms with Crippen LogP contribution < -0.4 is 4.74 Å². The molecule has 1 heterocycles. The summed E-state index contributed by atoms with van der Waals surface area (Å²) in [5.41, 5.74) is 0.335. The van der Waals surface area contributed by atoms with E-state index in [9.17, 15) is 9.59 Å². The number of para-hydroxylation sites is 1. The minimum atomic E-state index is -0.467. The molecule has 1 aromatic carbocycles. The first-order valence-corrected chi connectivity index (χ1v) is 6.80. The molecule has 0 unspecified atom stereocenters. The zero-order valence-corrected chi connectivity index (χ0v) is 11.6. The molecule has 5 heteroatoms. The molecule has 0 aliphatic carbocycles. The van der Waals surface area contributed by atoms with E-state index < -0.39 is 5.97 Å². The van der Waals surface area contributed by atoms with Gasteiger partial charge in [-0.15, -0.1) is 0 Å². The molecule has 1 fully saturated rings. The number of piperidine rings is 1. The zero-order chi connectivity index (χ0) is 14.4. The maximum Gasteiger partial charge on any atom is 0.341 e. The third-order valence-corrected chi connectivity index (χ3v) is 3.35. The number of hydrogen-bond donors (Lipinski definition) is 0. The molecule has 0 spiro atoms. The molecule has 0 radical (unpaired) electrons. The number of likely N-dealkylation sites (tertiary alicyclic amines) is 1. The lowest BCUT2D eigenvalue weighted by molar-refractivity contribution is -0.134. The second-order valence-corrected chi connectivity index (χ2v) is 4.72. The number of rotatable bonds is 4. The number of nitrogens with zero attached hydrogens (tertiary/aromatic N) is 1. The quantitative estimate of drug-likeness (QED) is 0.788. The van der Waals surface area contributed by atoms with Gasteiger partial charge in [-0.2, -0.15) is 0 Å². The second kappa shape index (κ2) is 6.93. The number of hydrogen-bond acceptors (Lipinski definition) is 4. The van der Waals surface area contributed by atoms with E-state index >= 15 is 0 Å². The van der Waals surface area contributed by atoms with Crippen LogP contribution in [-0.2, 0) is 9.53 Å². The van der Waals surface area contributed by atoms with Crippen LogP contribution in [0.15, 0.2) is 24.3 Å². The summed E-state index contributed by atoms with van der Waals surface area (Å²) in [5, 5.41) is 0. The van der Waals surface area contributed by atoms with Gasteiger partial charge in [-0.1, -0.05) is 12.1 Å². The van der Waals surface area contributed by atoms with E-state index in [-0.39, 0.29) is 12.5 Å². The van der Waals surface area contributed by atoms with Crippen molar-refractivity contribution in [3.63, 3.8) is 0 Å². The monoisotopic (exact) mass is 277 g/mol. The van der Waals surface area contributed by atoms with Gasteiger partial charge in [0.15, 0.2) is 6.61 Å². The van der Waals surface area contributed by atoms with Gasteiger partial charge in [0.05, 0.1) is 7.11 Å². The van der Waals surface area contributed by atoms with Gasteiger partial charge in [-0.25, -0.2) is 4.79 Å². The van der Waals surface area contributed by atoms with Gasteiger partial charge in [0.1, 0.15) is 11.3 Å². The Balaban J connectivity index is 1.96. The molecule has 1 aliphatic rings. The smallest absolute Gasteiger partial charge is 0.341 e. The molecule has 2 rings (SSSR count). The third-order valence-electron chi connectivity index (χ3n) is 3.35. The second-order valence-electron chi connectivity index (χ2n) is 4.72. The van der Waals surface area contributed by atoms with Gasteiger partial charge in [0, 0.05) is 13.1 Å². The van der Waals surface area contributed by atoms with Crippen molar-refractivity contribution in [2.45, 2.75) is 19.3 Å². The summed E-state index contributed by atoms with van der Waals surface area (Å²) in [7, 11) is 1.32. The van der Waals surface area contributed by atoms with Crippen molar-refractivity contribution in [1.82, 2.24) is 4.90 Å². The first-order chi connectivity index (χ1) is 9.72. The van der Waals surface area contributed by atoms with Crippen molar-refractivity contribution in [1.29, 1.82) is 0 Å². The highest BCUT2D eigenvalue weighted by atomic mass is 16.5. The number of carbonyl (C=O) groups is 2. The molecule has 1 saturated heterocycles. The maximum absolute atomic E-state index is 12.0. The average Bonchev–Trinajstić information content (AvgIpc) is 2.53. The van der Waals surface area contributed by atoms with E-state index in [1.807, 2.05) is 4.90 Å². The lowest BCUT2D eigenvalue weighted by Crippen LogP contribution is -2.38. The minimum absolute atomic E-state index is 0.0376. The van der Waals surface area contributed by atoms with Crippen molar-refractivity contribution in [3.8, 4) is 5.75 Å². The van der Waals surface area contributed by atoms with Crippen molar-refractivity contribution in [3.05, 3.63) is 29.8 Å². The molecule has 0 saturated carbocycles. The van der Waals surface area contributed by atoms with E-state index in [2.05, 4.69) is 4.74 Å². The molecule has 1 aliphatic heterocycles. The Morgan fingerprint density at radius 2 is 1.85 bits per heavy atom. The van der Waals surface area contributed by atoms with Gasteiger partial charge in [0.2, 0.25) is 0 Å². The van der Waals surface area contributed by atoms with E-state index in [1.165, 1.54) is 13.5 Å². The molecule has 0 aromatic heterocycles. The predicted molar refractivity (Wildman–Crippen MR) is 73.7 cm³/mol. The van der Waals surface area contributed by atoms with Crippen LogP contribution in [0.1, 0.15) is 29.6 Å². The third kappa shape index (κ3) is 3.50. The SMILES string of the molecule is COC(=O)c1ccccc1OCC(=O)N1CCCCC1. The minimum Gasteiger partial charge on any atom is -0.483 e. The van der Waals surface area contributed by atoms with E-state index in [1.54, 1.807) is 24.3 Å². The number of carbonyl (C=O) groups excluding carboxylic acids is 2. The van der Waals surface area contributed by atoms with E-state index in [4.69, 9.17) is 4.74 Å². The van der Waals surface area contributed by atoms with Crippen LogP contribution in [0.2, 0.25) is 0 Å². The van der Waals surface area contributed by atoms with Crippen LogP contribution in [0.25, 0.3) is 0 Å². The van der Waals surface area contributed by atoms with Crippen LogP contribution in [0.3, 0.4) is 0 Å². The molecule has 0 bridgehead atoms. The maximum atomic E-state index is 12.0. The summed E-state index contributed by atoms with van der Waals surface area (Å²) >= 11 is 0. The molecular formula is C15H19NO4. The Labute approximate surface area is 118 Å². The Kier molecular flexibility index (Phi) is 4.98. The fourth-order valence-electron chi connectivity index (χ4n) is 2.25. The summed E-state index contributed by atoms with van der Waals surface area (Å²) in [5.74, 6) is -0.125. The highest BCUT2D eigenvalue weighted by molar-refractivity contribution is 5.92. The van der Waals surface area contributed by atoms with Crippen LogP contribution >= 0.6 is 0 Å². The molecule has 1 aromatic rings. The molecule has 0 N–H and O–H groups in total. The van der Waals surface area contributed by atoms with Crippen LogP contribution in [0.5, 0.6) is 5.75 Å². The summed E-state index contributed by atoms with van der Waals surface area (Å²) in [6, 6.07) is 6.76. The molecule has 1 amide bonds. The highest BCUT2D eigenvalue weighted by Gasteiger charge is 2.18. The van der Waals surface area contributed by atoms with Crippen LogP contribution in [-0.4, -0.2) is 43.6 Å². The summed E-state index contributed by atoms with van der Waals surface area (Å²) < 4.78 is 10.2. The molecule has 20 heavy (non-hydrogen) atoms. The number of benzene rings is 1. The fraction of sp³-hybridized carbons (Fsp3) is 0.467. The van der Waals surface area contributed by atoms with Gasteiger partial charge < -0.3 is 14.4 Å². The summed E-state index contributed by atoms with van der Waals surface area (Å²) in [4.78, 5) is 25.4. The van der Waals surface area contributed by atoms with Gasteiger partial charge in [0.25, 0.3) is 5.91 Å². The van der Waals surface area contributed by atoms with Crippen molar-refractivity contribution in [2.75, 3.05) is 26.8 Å². The summed E-state index contributed by atoms with van der Waals surface area (Å²) in [6.07, 6.45) is 3.27. The molecular weight excluding hydrogens is 258 g/mol. The Morgan fingerprint density at radius 1 is 1.15 bits per heavy atom. The number of methoxy groups -OCH3 is 1. The molecule has 5 nitrogen and oxygen atoms in total. The Morgan fingerprint density at radius 3 is 2.55 bits per heavy atom. The number of ether oxygens (including phenoxy) is 2. The zero-order valence-electron chi connectivity index (χ0n) is 11.6. The van der Waals surface area contributed by atoms with Gasteiger partial charge >= 0.3 is 5.97 Å².